The van der Waals surface area contributed by atoms with Crippen LogP contribution in [0.3, 0.4) is 0 Å². The fourth-order valence-corrected chi connectivity index (χ4v) is 1.98. The Balaban J connectivity index is 2.19. The molecule has 0 bridgehead atoms. The van der Waals surface area contributed by atoms with Gasteiger partial charge >= 0.3 is 0 Å². The summed E-state index contributed by atoms with van der Waals surface area (Å²) >= 11 is 5.04. The molecule has 2 rings (SSSR count). The van der Waals surface area contributed by atoms with E-state index in [1.54, 1.807) is 12.1 Å². The van der Waals surface area contributed by atoms with Crippen LogP contribution in [0.1, 0.15) is 27.7 Å². The molecule has 1 aromatic carbocycles. The minimum absolute atomic E-state index is 0.227. The average Bonchev–Trinajstić information content (AvgIpc) is 2.46. The van der Waals surface area contributed by atoms with Crippen molar-refractivity contribution >= 4 is 23.1 Å². The van der Waals surface area contributed by atoms with Crippen LogP contribution in [-0.4, -0.2) is 15.9 Å². The number of hydrogen-bond donors (Lipinski definition) is 2. The van der Waals surface area contributed by atoms with Gasteiger partial charge in [-0.2, -0.15) is 0 Å². The first kappa shape index (κ1) is 14.1. The lowest BCUT2D eigenvalue weighted by Gasteiger charge is -2.17. The third-order valence-electron chi connectivity index (χ3n) is 2.87. The highest BCUT2D eigenvalue weighted by Gasteiger charge is 2.18. The van der Waals surface area contributed by atoms with E-state index in [0.717, 1.165) is 11.3 Å². The summed E-state index contributed by atoms with van der Waals surface area (Å²) in [6.07, 6.45) is 1.53. The van der Waals surface area contributed by atoms with Gasteiger partial charge in [0.15, 0.2) is 0 Å². The fraction of sp³-hybridized carbons (Fsp3) is 0.133. The largest absolute Gasteiger partial charge is 0.391 e. The average molecular weight is 285 g/mol. The number of carbonyl (C=O) groups is 1. The predicted molar refractivity (Wildman–Crippen MR) is 82.4 cm³/mol. The van der Waals surface area contributed by atoms with Crippen LogP contribution in [0.2, 0.25) is 0 Å². The fourth-order valence-electron chi connectivity index (χ4n) is 1.78. The van der Waals surface area contributed by atoms with Gasteiger partial charge in [-0.25, -0.2) is 0 Å². The van der Waals surface area contributed by atoms with Crippen molar-refractivity contribution in [2.75, 3.05) is 0 Å². The van der Waals surface area contributed by atoms with E-state index in [2.05, 4.69) is 10.3 Å². The molecule has 1 amide bonds. The quantitative estimate of drug-likeness (QED) is 0.845. The Labute approximate surface area is 123 Å². The summed E-state index contributed by atoms with van der Waals surface area (Å²) in [7, 11) is 0. The van der Waals surface area contributed by atoms with Gasteiger partial charge in [0.1, 0.15) is 11.0 Å². The zero-order chi connectivity index (χ0) is 14.5. The second kappa shape index (κ2) is 6.25. The summed E-state index contributed by atoms with van der Waals surface area (Å²) < 4.78 is 0. The molecule has 2 aromatic rings. The highest BCUT2D eigenvalue weighted by molar-refractivity contribution is 7.80. The Bertz CT molecular complexity index is 611. The number of thiocarbonyl (C=S) groups is 1. The Morgan fingerprint density at radius 2 is 1.95 bits per heavy atom. The molecule has 0 aliphatic rings. The molecule has 3 N–H and O–H groups in total. The molecule has 0 spiro atoms. The van der Waals surface area contributed by atoms with Gasteiger partial charge in [-0.1, -0.05) is 42.5 Å². The lowest BCUT2D eigenvalue weighted by molar-refractivity contribution is 0.0946. The first-order valence-corrected chi connectivity index (χ1v) is 6.56. The number of pyridine rings is 1. The molecule has 20 heavy (non-hydrogen) atoms. The number of nitrogens with one attached hydrogen (secondary N) is 1. The van der Waals surface area contributed by atoms with Crippen LogP contribution in [0.4, 0.5) is 0 Å². The first-order valence-electron chi connectivity index (χ1n) is 6.15. The molecular formula is C15H15N3OS. The minimum atomic E-state index is -0.486. The highest BCUT2D eigenvalue weighted by atomic mass is 32.1. The number of nitrogens with zero attached hydrogens (tertiary/aromatic N) is 1. The molecular weight excluding hydrogens is 270 g/mol. The maximum atomic E-state index is 12.2. The van der Waals surface area contributed by atoms with Crippen molar-refractivity contribution in [2.24, 2.45) is 5.73 Å². The van der Waals surface area contributed by atoms with E-state index in [0.29, 0.717) is 5.56 Å². The molecule has 0 aliphatic carbocycles. The molecule has 5 heteroatoms. The lowest BCUT2D eigenvalue weighted by Crippen LogP contribution is -2.36. The molecule has 1 aromatic heterocycles. The van der Waals surface area contributed by atoms with E-state index in [9.17, 15) is 4.79 Å². The number of carbonyl (C=O) groups excluding carboxylic acids is 1. The standard InChI is InChI=1S/C15H15N3OS/c1-10-7-8-12(9-17-10)15(19)18-13(14(16)20)11-5-3-2-4-6-11/h2-9,13H,1H3,(H2,16,20)(H,18,19). The van der Waals surface area contributed by atoms with E-state index in [4.69, 9.17) is 18.0 Å². The third-order valence-corrected chi connectivity index (χ3v) is 3.10. The summed E-state index contributed by atoms with van der Waals surface area (Å²) in [4.78, 5) is 16.5. The monoisotopic (exact) mass is 285 g/mol. The van der Waals surface area contributed by atoms with Crippen LogP contribution >= 0.6 is 12.2 Å². The number of nitrogens with two attached hydrogens (primary N) is 1. The van der Waals surface area contributed by atoms with Crippen molar-refractivity contribution < 1.29 is 4.79 Å². The van der Waals surface area contributed by atoms with Crippen molar-refractivity contribution in [3.63, 3.8) is 0 Å². The maximum absolute atomic E-state index is 12.2. The van der Waals surface area contributed by atoms with E-state index in [-0.39, 0.29) is 10.9 Å². The second-order valence-electron chi connectivity index (χ2n) is 4.41. The number of aromatic nitrogens is 1. The Morgan fingerprint density at radius 1 is 1.25 bits per heavy atom. The molecule has 0 fully saturated rings. The number of rotatable bonds is 4. The summed E-state index contributed by atoms with van der Waals surface area (Å²) in [5, 5.41) is 2.82. The van der Waals surface area contributed by atoms with Crippen molar-refractivity contribution in [1.82, 2.24) is 10.3 Å². The van der Waals surface area contributed by atoms with E-state index in [1.807, 2.05) is 37.3 Å². The maximum Gasteiger partial charge on any atom is 0.253 e. The predicted octanol–water partition coefficient (Wildman–Crippen LogP) is 2.15. The molecule has 4 nitrogen and oxygen atoms in total. The molecule has 0 aliphatic heterocycles. The lowest BCUT2D eigenvalue weighted by atomic mass is 10.1. The zero-order valence-electron chi connectivity index (χ0n) is 11.0. The Hall–Kier alpha value is -2.27. The van der Waals surface area contributed by atoms with Crippen LogP contribution in [0.25, 0.3) is 0 Å². The van der Waals surface area contributed by atoms with Crippen molar-refractivity contribution in [1.29, 1.82) is 0 Å². The minimum Gasteiger partial charge on any atom is -0.391 e. The smallest absolute Gasteiger partial charge is 0.253 e. The third kappa shape index (κ3) is 3.39. The van der Waals surface area contributed by atoms with Crippen LogP contribution < -0.4 is 11.1 Å². The summed E-state index contributed by atoms with van der Waals surface area (Å²) in [6.45, 7) is 1.86. The van der Waals surface area contributed by atoms with E-state index < -0.39 is 6.04 Å². The normalized spacial score (nSPS) is 11.7. The van der Waals surface area contributed by atoms with Gasteiger partial charge in [0, 0.05) is 11.9 Å². The number of benzene rings is 1. The Kier molecular flexibility index (Phi) is 4.42. The molecule has 102 valence electrons. The van der Waals surface area contributed by atoms with E-state index in [1.165, 1.54) is 6.20 Å². The van der Waals surface area contributed by atoms with Gasteiger partial charge in [0.05, 0.1) is 5.56 Å². The summed E-state index contributed by atoms with van der Waals surface area (Å²) in [5.41, 5.74) is 7.91. The topological polar surface area (TPSA) is 68.0 Å². The first-order chi connectivity index (χ1) is 9.58. The van der Waals surface area contributed by atoms with Gasteiger partial charge in [0.25, 0.3) is 5.91 Å². The molecule has 0 saturated heterocycles. The van der Waals surface area contributed by atoms with Gasteiger partial charge in [-0.05, 0) is 24.6 Å². The number of amides is 1. The number of hydrogen-bond acceptors (Lipinski definition) is 3. The van der Waals surface area contributed by atoms with Gasteiger partial charge in [0.2, 0.25) is 0 Å². The molecule has 0 radical (unpaired) electrons. The van der Waals surface area contributed by atoms with Crippen molar-refractivity contribution in [2.45, 2.75) is 13.0 Å². The number of aryl methyl sites for hydroxylation is 1. The highest BCUT2D eigenvalue weighted by Crippen LogP contribution is 2.14. The SMILES string of the molecule is Cc1ccc(C(=O)NC(C(N)=S)c2ccccc2)cn1. The molecule has 0 saturated carbocycles. The van der Waals surface area contributed by atoms with Crippen LogP contribution in [0.15, 0.2) is 48.7 Å². The molecule has 1 unspecified atom stereocenters. The van der Waals surface area contributed by atoms with Crippen LogP contribution in [-0.2, 0) is 0 Å². The Morgan fingerprint density at radius 3 is 2.50 bits per heavy atom. The van der Waals surface area contributed by atoms with Crippen molar-refractivity contribution in [3.05, 3.63) is 65.5 Å². The summed E-state index contributed by atoms with van der Waals surface area (Å²) in [5.74, 6) is -0.251. The van der Waals surface area contributed by atoms with Gasteiger partial charge in [-0.3, -0.25) is 9.78 Å². The second-order valence-corrected chi connectivity index (χ2v) is 4.88. The molecule has 1 atom stereocenters. The van der Waals surface area contributed by atoms with Crippen LogP contribution in [0.5, 0.6) is 0 Å². The van der Waals surface area contributed by atoms with Gasteiger partial charge < -0.3 is 11.1 Å². The van der Waals surface area contributed by atoms with Crippen LogP contribution in [0, 0.1) is 6.92 Å². The van der Waals surface area contributed by atoms with Crippen molar-refractivity contribution in [3.8, 4) is 0 Å². The summed E-state index contributed by atoms with van der Waals surface area (Å²) in [6, 6.07) is 12.4. The van der Waals surface area contributed by atoms with Gasteiger partial charge in [-0.15, -0.1) is 0 Å². The zero-order valence-corrected chi connectivity index (χ0v) is 11.9. The molecule has 1 heterocycles. The van der Waals surface area contributed by atoms with E-state index >= 15 is 0 Å².